The molecule has 1 saturated heterocycles. The lowest BCUT2D eigenvalue weighted by Crippen LogP contribution is -2.54. The van der Waals surface area contributed by atoms with E-state index in [1.165, 1.54) is 12.1 Å². The van der Waals surface area contributed by atoms with Crippen LogP contribution in [-0.2, 0) is 4.79 Å². The van der Waals surface area contributed by atoms with Crippen LogP contribution in [0.5, 0.6) is 0 Å². The minimum atomic E-state index is -0.388. The van der Waals surface area contributed by atoms with E-state index in [1.54, 1.807) is 12.1 Å². The van der Waals surface area contributed by atoms with Crippen LogP contribution in [0.25, 0.3) is 0 Å². The van der Waals surface area contributed by atoms with E-state index < -0.39 is 0 Å². The lowest BCUT2D eigenvalue weighted by atomic mass is 10.1. The molecule has 148 valence electrons. The van der Waals surface area contributed by atoms with Crippen molar-refractivity contribution in [2.45, 2.75) is 19.9 Å². The van der Waals surface area contributed by atoms with Gasteiger partial charge in [0, 0.05) is 56.2 Å². The van der Waals surface area contributed by atoms with E-state index in [-0.39, 0.29) is 22.6 Å². The SMILES string of the molecule is CCN(C(=O)[C@H](C)N1CCN(c2ccc([N+](=O)[O-])cc2)CC1)c1ccccc1. The number of carbonyl (C=O) groups excluding carboxylic acids is 1. The van der Waals surface area contributed by atoms with Crippen molar-refractivity contribution in [3.63, 3.8) is 0 Å². The zero-order valence-electron chi connectivity index (χ0n) is 16.3. The summed E-state index contributed by atoms with van der Waals surface area (Å²) >= 11 is 0. The smallest absolute Gasteiger partial charge is 0.269 e. The number of anilines is 2. The van der Waals surface area contributed by atoms with Crippen LogP contribution in [0.1, 0.15) is 13.8 Å². The second-order valence-electron chi connectivity index (χ2n) is 6.89. The maximum Gasteiger partial charge on any atom is 0.269 e. The van der Waals surface area contributed by atoms with Crippen molar-refractivity contribution in [2.24, 2.45) is 0 Å². The summed E-state index contributed by atoms with van der Waals surface area (Å²) in [5, 5.41) is 10.8. The first kappa shape index (κ1) is 19.8. The Morgan fingerprint density at radius 3 is 2.21 bits per heavy atom. The first-order chi connectivity index (χ1) is 13.5. The molecule has 1 fully saturated rings. The number of nitro benzene ring substituents is 1. The summed E-state index contributed by atoms with van der Waals surface area (Å²) in [5.41, 5.74) is 2.00. The van der Waals surface area contributed by atoms with Crippen molar-refractivity contribution >= 4 is 23.0 Å². The molecule has 7 nitrogen and oxygen atoms in total. The Balaban J connectivity index is 1.60. The van der Waals surface area contributed by atoms with Gasteiger partial charge >= 0.3 is 0 Å². The molecule has 0 aromatic heterocycles. The van der Waals surface area contributed by atoms with E-state index in [1.807, 2.05) is 49.1 Å². The number of likely N-dealkylation sites (N-methyl/N-ethyl adjacent to an activating group) is 1. The normalized spacial score (nSPS) is 15.9. The Kier molecular flexibility index (Phi) is 6.26. The van der Waals surface area contributed by atoms with Gasteiger partial charge in [0.25, 0.3) is 5.69 Å². The Labute approximate surface area is 165 Å². The molecule has 0 aliphatic carbocycles. The molecular formula is C21H26N4O3. The highest BCUT2D eigenvalue weighted by atomic mass is 16.6. The number of hydrogen-bond acceptors (Lipinski definition) is 5. The fourth-order valence-electron chi connectivity index (χ4n) is 3.61. The maximum absolute atomic E-state index is 13.0. The van der Waals surface area contributed by atoms with Gasteiger partial charge in [0.05, 0.1) is 11.0 Å². The molecule has 28 heavy (non-hydrogen) atoms. The second kappa shape index (κ2) is 8.84. The Morgan fingerprint density at radius 1 is 1.07 bits per heavy atom. The van der Waals surface area contributed by atoms with E-state index in [0.717, 1.165) is 37.6 Å². The largest absolute Gasteiger partial charge is 0.369 e. The molecule has 0 bridgehead atoms. The third kappa shape index (κ3) is 4.31. The Morgan fingerprint density at radius 2 is 1.68 bits per heavy atom. The molecule has 2 aromatic carbocycles. The molecular weight excluding hydrogens is 356 g/mol. The maximum atomic E-state index is 13.0. The van der Waals surface area contributed by atoms with Crippen molar-refractivity contribution in [2.75, 3.05) is 42.5 Å². The van der Waals surface area contributed by atoms with Gasteiger partial charge in [0.2, 0.25) is 5.91 Å². The van der Waals surface area contributed by atoms with Crippen molar-refractivity contribution in [3.8, 4) is 0 Å². The highest BCUT2D eigenvalue weighted by molar-refractivity contribution is 5.96. The molecule has 0 radical (unpaired) electrons. The van der Waals surface area contributed by atoms with E-state index in [4.69, 9.17) is 0 Å². The van der Waals surface area contributed by atoms with Gasteiger partial charge in [-0.1, -0.05) is 18.2 Å². The third-order valence-corrected chi connectivity index (χ3v) is 5.30. The Bertz CT molecular complexity index is 802. The molecule has 1 aliphatic rings. The fraction of sp³-hybridized carbons (Fsp3) is 0.381. The minimum Gasteiger partial charge on any atom is -0.369 e. The molecule has 7 heteroatoms. The number of amides is 1. The molecule has 3 rings (SSSR count). The van der Waals surface area contributed by atoms with E-state index in [0.29, 0.717) is 6.54 Å². The molecule has 1 heterocycles. The second-order valence-corrected chi connectivity index (χ2v) is 6.89. The summed E-state index contributed by atoms with van der Waals surface area (Å²) in [6.07, 6.45) is 0. The predicted octanol–water partition coefficient (Wildman–Crippen LogP) is 3.16. The van der Waals surface area contributed by atoms with Crippen LogP contribution in [0.3, 0.4) is 0 Å². The first-order valence-electron chi connectivity index (χ1n) is 9.61. The first-order valence-corrected chi connectivity index (χ1v) is 9.61. The van der Waals surface area contributed by atoms with Gasteiger partial charge in [-0.25, -0.2) is 0 Å². The van der Waals surface area contributed by atoms with Gasteiger partial charge in [-0.05, 0) is 38.1 Å². The molecule has 2 aromatic rings. The van der Waals surface area contributed by atoms with Crippen molar-refractivity contribution in [1.82, 2.24) is 4.90 Å². The van der Waals surface area contributed by atoms with Crippen molar-refractivity contribution in [3.05, 3.63) is 64.7 Å². The summed E-state index contributed by atoms with van der Waals surface area (Å²) in [7, 11) is 0. The van der Waals surface area contributed by atoms with E-state index >= 15 is 0 Å². The number of non-ortho nitro benzene ring substituents is 1. The summed E-state index contributed by atoms with van der Waals surface area (Å²) < 4.78 is 0. The standard InChI is InChI=1S/C21H26N4O3/c1-3-24(19-7-5-4-6-8-19)21(26)17(2)22-13-15-23(16-14-22)18-9-11-20(12-10-18)25(27)28/h4-12,17H,3,13-16H2,1-2H3/t17-/m0/s1. The zero-order valence-corrected chi connectivity index (χ0v) is 16.3. The van der Waals surface area contributed by atoms with Gasteiger partial charge in [-0.2, -0.15) is 0 Å². The van der Waals surface area contributed by atoms with Crippen LogP contribution in [0.2, 0.25) is 0 Å². The molecule has 0 unspecified atom stereocenters. The van der Waals surface area contributed by atoms with Crippen LogP contribution in [0, 0.1) is 10.1 Å². The molecule has 1 atom stereocenters. The van der Waals surface area contributed by atoms with Crippen LogP contribution < -0.4 is 9.80 Å². The molecule has 1 aliphatic heterocycles. The van der Waals surface area contributed by atoms with Crippen LogP contribution in [0.15, 0.2) is 54.6 Å². The van der Waals surface area contributed by atoms with Crippen molar-refractivity contribution < 1.29 is 9.72 Å². The molecule has 0 spiro atoms. The summed E-state index contributed by atoms with van der Waals surface area (Å²) in [6.45, 7) is 7.71. The fourth-order valence-corrected chi connectivity index (χ4v) is 3.61. The number of benzene rings is 2. The third-order valence-electron chi connectivity index (χ3n) is 5.30. The lowest BCUT2D eigenvalue weighted by molar-refractivity contribution is -0.384. The summed E-state index contributed by atoms with van der Waals surface area (Å²) in [4.78, 5) is 29.7. The average Bonchev–Trinajstić information content (AvgIpc) is 2.74. The van der Waals surface area contributed by atoms with Gasteiger partial charge < -0.3 is 9.80 Å². The van der Waals surface area contributed by atoms with Gasteiger partial charge in [-0.3, -0.25) is 19.8 Å². The van der Waals surface area contributed by atoms with Gasteiger partial charge in [0.15, 0.2) is 0 Å². The number of nitro groups is 1. The van der Waals surface area contributed by atoms with Crippen LogP contribution >= 0.6 is 0 Å². The van der Waals surface area contributed by atoms with Crippen LogP contribution in [-0.4, -0.2) is 54.5 Å². The van der Waals surface area contributed by atoms with E-state index in [2.05, 4.69) is 9.80 Å². The number of para-hydroxylation sites is 1. The average molecular weight is 382 g/mol. The predicted molar refractivity (Wildman–Crippen MR) is 111 cm³/mol. The highest BCUT2D eigenvalue weighted by Gasteiger charge is 2.29. The monoisotopic (exact) mass is 382 g/mol. The lowest BCUT2D eigenvalue weighted by Gasteiger charge is -2.39. The summed E-state index contributed by atoms with van der Waals surface area (Å²) in [5.74, 6) is 0.109. The van der Waals surface area contributed by atoms with E-state index in [9.17, 15) is 14.9 Å². The number of rotatable bonds is 6. The van der Waals surface area contributed by atoms with Crippen molar-refractivity contribution in [1.29, 1.82) is 0 Å². The topological polar surface area (TPSA) is 69.9 Å². The summed E-state index contributed by atoms with van der Waals surface area (Å²) in [6, 6.07) is 16.2. The minimum absolute atomic E-state index is 0.0992. The molecule has 0 saturated carbocycles. The number of hydrogen-bond donors (Lipinski definition) is 0. The molecule has 1 amide bonds. The van der Waals surface area contributed by atoms with Gasteiger partial charge in [-0.15, -0.1) is 0 Å². The zero-order chi connectivity index (χ0) is 20.1. The highest BCUT2D eigenvalue weighted by Crippen LogP contribution is 2.22. The number of nitrogens with zero attached hydrogens (tertiary/aromatic N) is 4. The molecule has 0 N–H and O–H groups in total. The number of piperazine rings is 1. The quantitative estimate of drug-likeness (QED) is 0.567. The Hall–Kier alpha value is -2.93. The van der Waals surface area contributed by atoms with Crippen LogP contribution in [0.4, 0.5) is 17.1 Å². The number of carbonyl (C=O) groups is 1. The van der Waals surface area contributed by atoms with Gasteiger partial charge in [0.1, 0.15) is 0 Å².